The molecule has 2 aromatic rings. The number of hydrogen-bond acceptors (Lipinski definition) is 5. The fraction of sp³-hybridized carbons (Fsp3) is 0.435. The number of rotatable bonds is 4. The van der Waals surface area contributed by atoms with Crippen molar-refractivity contribution in [2.75, 3.05) is 68.7 Å². The fourth-order valence-corrected chi connectivity index (χ4v) is 4.23. The second-order valence-corrected chi connectivity index (χ2v) is 7.93. The Morgan fingerprint density at radius 1 is 0.828 bits per heavy atom. The first kappa shape index (κ1) is 19.6. The zero-order chi connectivity index (χ0) is 20.2. The van der Waals surface area contributed by atoms with Gasteiger partial charge in [-0.2, -0.15) is 0 Å². The van der Waals surface area contributed by atoms with E-state index in [9.17, 15) is 9.90 Å². The molecule has 2 fully saturated rings. The number of carbonyl (C=O) groups is 1. The van der Waals surface area contributed by atoms with E-state index in [1.54, 1.807) is 12.1 Å². The number of amides is 1. The van der Waals surface area contributed by atoms with Crippen LogP contribution in [0.1, 0.15) is 5.56 Å². The van der Waals surface area contributed by atoms with Crippen LogP contribution in [0.5, 0.6) is 5.75 Å². The fourth-order valence-electron chi connectivity index (χ4n) is 4.23. The molecule has 29 heavy (non-hydrogen) atoms. The summed E-state index contributed by atoms with van der Waals surface area (Å²) in [7, 11) is 0. The first-order chi connectivity index (χ1) is 14.1. The van der Waals surface area contributed by atoms with Gasteiger partial charge < -0.3 is 19.8 Å². The number of anilines is 2. The Labute approximate surface area is 172 Å². The van der Waals surface area contributed by atoms with Crippen LogP contribution < -0.4 is 9.80 Å². The summed E-state index contributed by atoms with van der Waals surface area (Å²) in [6, 6.07) is 15.8. The molecule has 2 aliphatic heterocycles. The van der Waals surface area contributed by atoms with Gasteiger partial charge in [-0.15, -0.1) is 0 Å². The van der Waals surface area contributed by atoms with Crippen molar-refractivity contribution in [2.24, 2.45) is 0 Å². The third-order valence-corrected chi connectivity index (χ3v) is 6.03. The van der Waals surface area contributed by atoms with Crippen molar-refractivity contribution in [1.29, 1.82) is 0 Å². The summed E-state index contributed by atoms with van der Waals surface area (Å²) in [6.07, 6.45) is 0. The highest BCUT2D eigenvalue weighted by atomic mass is 16.3. The van der Waals surface area contributed by atoms with Crippen molar-refractivity contribution in [3.05, 3.63) is 54.1 Å². The van der Waals surface area contributed by atoms with Gasteiger partial charge in [-0.05, 0) is 42.8 Å². The summed E-state index contributed by atoms with van der Waals surface area (Å²) in [5, 5.41) is 9.44. The first-order valence-corrected chi connectivity index (χ1v) is 10.4. The molecule has 1 amide bonds. The maximum absolute atomic E-state index is 12.8. The molecule has 0 unspecified atom stereocenters. The number of aromatic hydroxyl groups is 1. The van der Waals surface area contributed by atoms with Crippen LogP contribution in [0.25, 0.3) is 0 Å². The van der Waals surface area contributed by atoms with Gasteiger partial charge in [-0.25, -0.2) is 0 Å². The van der Waals surface area contributed by atoms with Crippen LogP contribution in [0.2, 0.25) is 0 Å². The molecular weight excluding hydrogens is 364 g/mol. The van der Waals surface area contributed by atoms with Gasteiger partial charge in [0.15, 0.2) is 0 Å². The minimum absolute atomic E-state index is 0.236. The van der Waals surface area contributed by atoms with Crippen LogP contribution in [0.3, 0.4) is 0 Å². The molecule has 0 aliphatic carbocycles. The molecule has 1 N–H and O–H groups in total. The molecule has 0 atom stereocenters. The topological polar surface area (TPSA) is 50.3 Å². The Hall–Kier alpha value is -2.73. The van der Waals surface area contributed by atoms with Gasteiger partial charge in [-0.3, -0.25) is 9.69 Å². The molecule has 2 saturated heterocycles. The van der Waals surface area contributed by atoms with Gasteiger partial charge in [0.1, 0.15) is 5.75 Å². The lowest BCUT2D eigenvalue weighted by molar-refractivity contribution is -0.132. The lowest BCUT2D eigenvalue weighted by Gasteiger charge is -2.39. The summed E-state index contributed by atoms with van der Waals surface area (Å²) < 4.78 is 0. The molecule has 2 aliphatic rings. The first-order valence-electron chi connectivity index (χ1n) is 10.4. The number of aryl methyl sites for hydroxylation is 1. The van der Waals surface area contributed by atoms with E-state index in [-0.39, 0.29) is 11.7 Å². The zero-order valence-electron chi connectivity index (χ0n) is 17.1. The molecule has 2 heterocycles. The number of benzene rings is 2. The van der Waals surface area contributed by atoms with Gasteiger partial charge >= 0.3 is 0 Å². The average molecular weight is 395 g/mol. The van der Waals surface area contributed by atoms with E-state index in [0.717, 1.165) is 58.0 Å². The second kappa shape index (κ2) is 8.74. The molecule has 4 rings (SSSR count). The Balaban J connectivity index is 1.23. The maximum Gasteiger partial charge on any atom is 0.236 e. The van der Waals surface area contributed by atoms with Crippen molar-refractivity contribution in [3.8, 4) is 5.75 Å². The third-order valence-electron chi connectivity index (χ3n) is 6.03. The van der Waals surface area contributed by atoms with E-state index in [0.29, 0.717) is 6.54 Å². The number of phenols is 1. The molecule has 0 spiro atoms. The Morgan fingerprint density at radius 2 is 1.45 bits per heavy atom. The lowest BCUT2D eigenvalue weighted by Crippen LogP contribution is -2.54. The van der Waals surface area contributed by atoms with Crippen molar-refractivity contribution >= 4 is 17.3 Å². The quantitative estimate of drug-likeness (QED) is 0.861. The van der Waals surface area contributed by atoms with Gasteiger partial charge in [0.05, 0.1) is 6.54 Å². The third kappa shape index (κ3) is 4.65. The monoisotopic (exact) mass is 394 g/mol. The van der Waals surface area contributed by atoms with Crippen LogP contribution in [-0.2, 0) is 4.79 Å². The number of nitrogens with zero attached hydrogens (tertiary/aromatic N) is 4. The van der Waals surface area contributed by atoms with Crippen molar-refractivity contribution in [1.82, 2.24) is 9.80 Å². The molecule has 154 valence electrons. The highest BCUT2D eigenvalue weighted by Crippen LogP contribution is 2.22. The Bertz CT molecular complexity index is 823. The lowest BCUT2D eigenvalue weighted by atomic mass is 10.1. The second-order valence-electron chi connectivity index (χ2n) is 7.93. The van der Waals surface area contributed by atoms with Gasteiger partial charge in [0, 0.05) is 63.7 Å². The number of para-hydroxylation sites is 1. The molecular formula is C23H30N4O2. The van der Waals surface area contributed by atoms with Gasteiger partial charge in [0.25, 0.3) is 0 Å². The summed E-state index contributed by atoms with van der Waals surface area (Å²) in [6.45, 7) is 9.62. The van der Waals surface area contributed by atoms with Crippen molar-refractivity contribution < 1.29 is 9.90 Å². The normalized spacial score (nSPS) is 18.2. The molecule has 0 radical (unpaired) electrons. The zero-order valence-corrected chi connectivity index (χ0v) is 17.1. The minimum atomic E-state index is 0.236. The number of hydrogen-bond donors (Lipinski definition) is 1. The van der Waals surface area contributed by atoms with Gasteiger partial charge in [-0.1, -0.05) is 18.2 Å². The van der Waals surface area contributed by atoms with Crippen molar-refractivity contribution in [2.45, 2.75) is 6.92 Å². The van der Waals surface area contributed by atoms with E-state index in [2.05, 4.69) is 45.9 Å². The molecule has 0 bridgehead atoms. The van der Waals surface area contributed by atoms with Crippen LogP contribution in [0, 0.1) is 6.92 Å². The SMILES string of the molecule is Cc1ccccc1N1CCN(CC(=O)N2CCN(c3ccc(O)cc3)CC2)CC1. The summed E-state index contributed by atoms with van der Waals surface area (Å²) >= 11 is 0. The van der Waals surface area contributed by atoms with E-state index in [4.69, 9.17) is 0 Å². The summed E-state index contributed by atoms with van der Waals surface area (Å²) in [5.74, 6) is 0.518. The van der Waals surface area contributed by atoms with E-state index in [1.165, 1.54) is 11.3 Å². The molecule has 0 saturated carbocycles. The minimum Gasteiger partial charge on any atom is -0.508 e. The standard InChI is InChI=1S/C23H30N4O2/c1-19-4-2-3-5-22(19)26-12-10-24(11-13-26)18-23(29)27-16-14-25(15-17-27)20-6-8-21(28)9-7-20/h2-9,28H,10-18H2,1H3. The summed E-state index contributed by atoms with van der Waals surface area (Å²) in [4.78, 5) is 21.7. The molecule has 0 aromatic heterocycles. The Kier molecular flexibility index (Phi) is 5.90. The number of piperazine rings is 2. The van der Waals surface area contributed by atoms with Crippen LogP contribution in [0.4, 0.5) is 11.4 Å². The molecule has 6 heteroatoms. The largest absolute Gasteiger partial charge is 0.508 e. The number of carbonyl (C=O) groups excluding carboxylic acids is 1. The van der Waals surface area contributed by atoms with E-state index < -0.39 is 0 Å². The number of phenolic OH excluding ortho intramolecular Hbond substituents is 1. The van der Waals surface area contributed by atoms with Gasteiger partial charge in [0.2, 0.25) is 5.91 Å². The van der Waals surface area contributed by atoms with Crippen LogP contribution in [0.15, 0.2) is 48.5 Å². The van der Waals surface area contributed by atoms with Crippen LogP contribution >= 0.6 is 0 Å². The molecule has 2 aromatic carbocycles. The highest BCUT2D eigenvalue weighted by Gasteiger charge is 2.25. The highest BCUT2D eigenvalue weighted by molar-refractivity contribution is 5.78. The predicted octanol–water partition coefficient (Wildman–Crippen LogP) is 2.17. The van der Waals surface area contributed by atoms with Crippen molar-refractivity contribution in [3.63, 3.8) is 0 Å². The summed E-state index contributed by atoms with van der Waals surface area (Å²) in [5.41, 5.74) is 3.72. The van der Waals surface area contributed by atoms with Crippen LogP contribution in [-0.4, -0.2) is 79.7 Å². The Morgan fingerprint density at radius 3 is 2.10 bits per heavy atom. The predicted molar refractivity (Wildman–Crippen MR) is 117 cm³/mol. The molecule has 6 nitrogen and oxygen atoms in total. The smallest absolute Gasteiger partial charge is 0.236 e. The van der Waals surface area contributed by atoms with E-state index in [1.807, 2.05) is 17.0 Å². The maximum atomic E-state index is 12.8. The van der Waals surface area contributed by atoms with E-state index >= 15 is 0 Å². The average Bonchev–Trinajstić information content (AvgIpc) is 2.75.